The number of carboxylic acid groups (broad SMARTS) is 1. The van der Waals surface area contributed by atoms with Crippen molar-refractivity contribution in [1.29, 1.82) is 0 Å². The monoisotopic (exact) mass is 363 g/mol. The molecule has 1 atom stereocenters. The first-order valence-electron chi connectivity index (χ1n) is 6.92. The maximum Gasteiger partial charge on any atom is 0.321 e. The minimum atomic E-state index is -0.858. The third-order valence-electron chi connectivity index (χ3n) is 3.37. The lowest BCUT2D eigenvalue weighted by Gasteiger charge is -2.16. The third-order valence-corrected chi connectivity index (χ3v) is 4.15. The molecule has 22 heavy (non-hydrogen) atoms. The molecular formula is C17H18BrNO3. The molecule has 0 fully saturated rings. The quantitative estimate of drug-likeness (QED) is 0.792. The van der Waals surface area contributed by atoms with Crippen LogP contribution in [0.1, 0.15) is 11.1 Å². The van der Waals surface area contributed by atoms with Crippen LogP contribution in [0.5, 0.6) is 5.75 Å². The van der Waals surface area contributed by atoms with Crippen molar-refractivity contribution in [3.63, 3.8) is 0 Å². The Bertz CT molecular complexity index is 631. The summed E-state index contributed by atoms with van der Waals surface area (Å²) < 4.78 is 6.12. The maximum absolute atomic E-state index is 11.4. The standard InChI is InChI=1S/C17H18BrNO3/c1-22-14-7-8-15(18)13(10-14)11-19-16(17(20)21)9-12-5-3-2-4-6-12/h2-8,10,16,19H,9,11H2,1H3,(H,20,21). The van der Waals surface area contributed by atoms with Gasteiger partial charge < -0.3 is 9.84 Å². The molecule has 2 aromatic rings. The van der Waals surface area contributed by atoms with E-state index >= 15 is 0 Å². The van der Waals surface area contributed by atoms with E-state index < -0.39 is 12.0 Å². The van der Waals surface area contributed by atoms with Gasteiger partial charge in [-0.3, -0.25) is 10.1 Å². The number of hydrogen-bond acceptors (Lipinski definition) is 3. The Balaban J connectivity index is 2.04. The molecule has 0 aromatic heterocycles. The summed E-state index contributed by atoms with van der Waals surface area (Å²) in [5.74, 6) is -0.113. The lowest BCUT2D eigenvalue weighted by molar-refractivity contribution is -0.139. The van der Waals surface area contributed by atoms with E-state index in [4.69, 9.17) is 4.74 Å². The van der Waals surface area contributed by atoms with Crippen molar-refractivity contribution in [1.82, 2.24) is 5.32 Å². The van der Waals surface area contributed by atoms with E-state index in [2.05, 4.69) is 21.2 Å². The van der Waals surface area contributed by atoms with Gasteiger partial charge in [0.05, 0.1) is 7.11 Å². The van der Waals surface area contributed by atoms with Crippen LogP contribution in [0.4, 0.5) is 0 Å². The molecule has 1 unspecified atom stereocenters. The molecule has 0 amide bonds. The number of carboxylic acids is 1. The van der Waals surface area contributed by atoms with Crippen LogP contribution in [0.3, 0.4) is 0 Å². The predicted molar refractivity (Wildman–Crippen MR) is 89.1 cm³/mol. The molecule has 2 aromatic carbocycles. The first kappa shape index (κ1) is 16.5. The van der Waals surface area contributed by atoms with Crippen LogP contribution >= 0.6 is 15.9 Å². The Morgan fingerprint density at radius 3 is 2.64 bits per heavy atom. The van der Waals surface area contributed by atoms with E-state index in [1.54, 1.807) is 7.11 Å². The summed E-state index contributed by atoms with van der Waals surface area (Å²) in [6, 6.07) is 14.6. The van der Waals surface area contributed by atoms with Crippen molar-refractivity contribution >= 4 is 21.9 Å². The van der Waals surface area contributed by atoms with Gasteiger partial charge in [-0.05, 0) is 35.7 Å². The lowest BCUT2D eigenvalue weighted by atomic mass is 10.1. The number of carbonyl (C=O) groups is 1. The molecule has 116 valence electrons. The fourth-order valence-electron chi connectivity index (χ4n) is 2.14. The largest absolute Gasteiger partial charge is 0.497 e. The van der Waals surface area contributed by atoms with Crippen LogP contribution in [0.15, 0.2) is 53.0 Å². The topological polar surface area (TPSA) is 58.6 Å². The van der Waals surface area contributed by atoms with Gasteiger partial charge in [0.15, 0.2) is 0 Å². The molecule has 0 bridgehead atoms. The van der Waals surface area contributed by atoms with Gasteiger partial charge in [-0.25, -0.2) is 0 Å². The van der Waals surface area contributed by atoms with Crippen LogP contribution in [0.2, 0.25) is 0 Å². The van der Waals surface area contributed by atoms with Crippen LogP contribution in [-0.4, -0.2) is 24.2 Å². The summed E-state index contributed by atoms with van der Waals surface area (Å²) >= 11 is 3.47. The smallest absolute Gasteiger partial charge is 0.321 e. The van der Waals surface area contributed by atoms with Crippen molar-refractivity contribution in [2.24, 2.45) is 0 Å². The highest BCUT2D eigenvalue weighted by Crippen LogP contribution is 2.22. The van der Waals surface area contributed by atoms with E-state index in [0.29, 0.717) is 13.0 Å². The molecule has 4 nitrogen and oxygen atoms in total. The van der Waals surface area contributed by atoms with Gasteiger partial charge in [0.2, 0.25) is 0 Å². The molecule has 0 heterocycles. The molecule has 0 saturated heterocycles. The second-order valence-corrected chi connectivity index (χ2v) is 5.77. The Hall–Kier alpha value is -1.85. The zero-order valence-corrected chi connectivity index (χ0v) is 13.8. The molecule has 0 spiro atoms. The highest BCUT2D eigenvalue weighted by atomic mass is 79.9. The molecule has 0 radical (unpaired) electrons. The van der Waals surface area contributed by atoms with Crippen molar-refractivity contribution in [3.8, 4) is 5.75 Å². The van der Waals surface area contributed by atoms with Gasteiger partial charge in [0.1, 0.15) is 11.8 Å². The number of rotatable bonds is 7. The van der Waals surface area contributed by atoms with Gasteiger partial charge in [-0.15, -0.1) is 0 Å². The van der Waals surface area contributed by atoms with Crippen molar-refractivity contribution in [2.75, 3.05) is 7.11 Å². The molecule has 0 saturated carbocycles. The van der Waals surface area contributed by atoms with Crippen LogP contribution in [-0.2, 0) is 17.8 Å². The molecule has 2 N–H and O–H groups in total. The number of methoxy groups -OCH3 is 1. The molecule has 0 aliphatic heterocycles. The average molecular weight is 364 g/mol. The van der Waals surface area contributed by atoms with Crippen LogP contribution < -0.4 is 10.1 Å². The summed E-state index contributed by atoms with van der Waals surface area (Å²) in [4.78, 5) is 11.4. The number of halogens is 1. The molecule has 0 aliphatic rings. The summed E-state index contributed by atoms with van der Waals surface area (Å²) in [5, 5.41) is 12.5. The normalized spacial score (nSPS) is 11.9. The number of ether oxygens (including phenoxy) is 1. The van der Waals surface area contributed by atoms with Crippen LogP contribution in [0.25, 0.3) is 0 Å². The number of nitrogens with one attached hydrogen (secondary N) is 1. The summed E-state index contributed by atoms with van der Waals surface area (Å²) in [5.41, 5.74) is 1.95. The molecule has 0 aliphatic carbocycles. The zero-order chi connectivity index (χ0) is 15.9. The van der Waals surface area contributed by atoms with E-state index in [-0.39, 0.29) is 0 Å². The first-order chi connectivity index (χ1) is 10.6. The Morgan fingerprint density at radius 1 is 1.27 bits per heavy atom. The second-order valence-electron chi connectivity index (χ2n) is 4.92. The SMILES string of the molecule is COc1ccc(Br)c(CNC(Cc2ccccc2)C(=O)O)c1. The van der Waals surface area contributed by atoms with Gasteiger partial charge in [0, 0.05) is 11.0 Å². The highest BCUT2D eigenvalue weighted by molar-refractivity contribution is 9.10. The summed E-state index contributed by atoms with van der Waals surface area (Å²) in [7, 11) is 1.61. The fourth-order valence-corrected chi connectivity index (χ4v) is 2.53. The second kappa shape index (κ2) is 7.96. The predicted octanol–water partition coefficient (Wildman–Crippen LogP) is 3.24. The number of hydrogen-bond donors (Lipinski definition) is 2. The van der Waals surface area contributed by atoms with Gasteiger partial charge >= 0.3 is 5.97 Å². The first-order valence-corrected chi connectivity index (χ1v) is 7.72. The third kappa shape index (κ3) is 4.58. The van der Waals surface area contributed by atoms with E-state index in [0.717, 1.165) is 21.3 Å². The molecule has 5 heteroatoms. The van der Waals surface area contributed by atoms with Gasteiger partial charge in [-0.1, -0.05) is 46.3 Å². The Labute approximate surface area is 138 Å². The lowest BCUT2D eigenvalue weighted by Crippen LogP contribution is -2.38. The summed E-state index contributed by atoms with van der Waals surface area (Å²) in [6.07, 6.45) is 0.442. The number of aliphatic carboxylic acids is 1. The minimum absolute atomic E-state index is 0.442. The van der Waals surface area contributed by atoms with Crippen molar-refractivity contribution < 1.29 is 14.6 Å². The van der Waals surface area contributed by atoms with Crippen molar-refractivity contribution in [2.45, 2.75) is 19.0 Å². The average Bonchev–Trinajstić information content (AvgIpc) is 2.53. The van der Waals surface area contributed by atoms with Gasteiger partial charge in [0.25, 0.3) is 0 Å². The van der Waals surface area contributed by atoms with Crippen molar-refractivity contribution in [3.05, 3.63) is 64.1 Å². The molecule has 2 rings (SSSR count). The Morgan fingerprint density at radius 2 is 2.00 bits per heavy atom. The minimum Gasteiger partial charge on any atom is -0.497 e. The van der Waals surface area contributed by atoms with Crippen LogP contribution in [0, 0.1) is 0 Å². The fraction of sp³-hybridized carbons (Fsp3) is 0.235. The van der Waals surface area contributed by atoms with E-state index in [1.165, 1.54) is 0 Å². The number of benzene rings is 2. The van der Waals surface area contributed by atoms with Gasteiger partial charge in [-0.2, -0.15) is 0 Å². The zero-order valence-electron chi connectivity index (χ0n) is 12.3. The van der Waals surface area contributed by atoms with E-state index in [9.17, 15) is 9.90 Å². The Kier molecular flexibility index (Phi) is 5.98. The highest BCUT2D eigenvalue weighted by Gasteiger charge is 2.17. The molecular weight excluding hydrogens is 346 g/mol. The summed E-state index contributed by atoms with van der Waals surface area (Å²) in [6.45, 7) is 0.446. The van der Waals surface area contributed by atoms with E-state index in [1.807, 2.05) is 48.5 Å². The maximum atomic E-state index is 11.4.